The van der Waals surface area contributed by atoms with Crippen LogP contribution in [0.5, 0.6) is 0 Å². The number of thioether (sulfide) groups is 2. The number of nitrogens with zero attached hydrogens (tertiary/aromatic N) is 4. The number of aromatic nitrogens is 2. The Labute approximate surface area is 136 Å². The van der Waals surface area contributed by atoms with Crippen LogP contribution in [-0.2, 0) is 6.54 Å². The number of hydrogen-bond donors (Lipinski definition) is 0. The summed E-state index contributed by atoms with van der Waals surface area (Å²) in [6.45, 7) is 5.34. The summed E-state index contributed by atoms with van der Waals surface area (Å²) in [5.41, 5.74) is 3.25. The Morgan fingerprint density at radius 1 is 1.05 bits per heavy atom. The number of rotatable bonds is 3. The zero-order valence-electron chi connectivity index (χ0n) is 11.6. The van der Waals surface area contributed by atoms with Crippen molar-refractivity contribution < 1.29 is 0 Å². The molecule has 2 aromatic rings. The third-order valence-electron chi connectivity index (χ3n) is 3.83. The lowest BCUT2D eigenvalue weighted by molar-refractivity contribution is 0.249. The smallest absolute Gasteiger partial charge is 0.208 e. The van der Waals surface area contributed by atoms with Gasteiger partial charge in [-0.05, 0) is 17.7 Å². The van der Waals surface area contributed by atoms with Crippen LogP contribution in [0.1, 0.15) is 5.56 Å². The molecule has 1 fully saturated rings. The summed E-state index contributed by atoms with van der Waals surface area (Å²) in [5, 5.41) is 10.3. The van der Waals surface area contributed by atoms with Gasteiger partial charge in [-0.1, -0.05) is 17.4 Å². The van der Waals surface area contributed by atoms with E-state index in [1.54, 1.807) is 11.3 Å². The molecule has 110 valence electrons. The molecule has 0 bridgehead atoms. The number of hydrogen-bond acceptors (Lipinski definition) is 7. The van der Waals surface area contributed by atoms with Gasteiger partial charge >= 0.3 is 0 Å². The molecule has 0 atom stereocenters. The first-order chi connectivity index (χ1) is 10.4. The van der Waals surface area contributed by atoms with Crippen molar-refractivity contribution >= 4 is 40.0 Å². The first kappa shape index (κ1) is 13.9. The lowest BCUT2D eigenvalue weighted by Gasteiger charge is -2.34. The van der Waals surface area contributed by atoms with Crippen molar-refractivity contribution in [2.45, 2.75) is 16.3 Å². The molecule has 1 saturated heterocycles. The molecular weight excluding hydrogens is 320 g/mol. The topological polar surface area (TPSA) is 32.3 Å². The molecule has 0 N–H and O–H groups in total. The van der Waals surface area contributed by atoms with E-state index in [1.807, 2.05) is 29.0 Å². The van der Waals surface area contributed by atoms with E-state index < -0.39 is 0 Å². The molecule has 7 heteroatoms. The SMILES string of the molecule is c1nnc(N2CCN(Cc3ccc4c(c3)SCS4)CC2)s1. The maximum atomic E-state index is 4.16. The first-order valence-electron chi connectivity index (χ1n) is 7.00. The van der Waals surface area contributed by atoms with Gasteiger partial charge in [0.15, 0.2) is 0 Å². The van der Waals surface area contributed by atoms with E-state index in [4.69, 9.17) is 0 Å². The molecular formula is C14H16N4S3. The van der Waals surface area contributed by atoms with Gasteiger partial charge in [-0.15, -0.1) is 33.7 Å². The van der Waals surface area contributed by atoms with Gasteiger partial charge in [-0.25, -0.2) is 0 Å². The number of anilines is 1. The predicted octanol–water partition coefficient (Wildman–Crippen LogP) is 3.02. The van der Waals surface area contributed by atoms with Gasteiger partial charge in [0.2, 0.25) is 5.13 Å². The summed E-state index contributed by atoms with van der Waals surface area (Å²) < 4.78 is 0. The van der Waals surface area contributed by atoms with E-state index in [1.165, 1.54) is 20.4 Å². The Hall–Kier alpha value is -0.760. The Kier molecular flexibility index (Phi) is 4.07. The van der Waals surface area contributed by atoms with E-state index in [0.29, 0.717) is 0 Å². The minimum absolute atomic E-state index is 1.05. The highest BCUT2D eigenvalue weighted by Gasteiger charge is 2.20. The maximum absolute atomic E-state index is 4.16. The monoisotopic (exact) mass is 336 g/mol. The molecule has 0 radical (unpaired) electrons. The fourth-order valence-electron chi connectivity index (χ4n) is 2.70. The summed E-state index contributed by atoms with van der Waals surface area (Å²) in [5.74, 6) is 0. The van der Waals surface area contributed by atoms with Crippen LogP contribution in [0, 0.1) is 0 Å². The molecule has 0 aliphatic carbocycles. The lowest BCUT2D eigenvalue weighted by Crippen LogP contribution is -2.45. The Morgan fingerprint density at radius 2 is 1.90 bits per heavy atom. The summed E-state index contributed by atoms with van der Waals surface area (Å²) in [6.07, 6.45) is 0. The largest absolute Gasteiger partial charge is 0.344 e. The third-order valence-corrected chi connectivity index (χ3v) is 6.97. The second-order valence-corrected chi connectivity index (χ2v) is 8.38. The zero-order valence-corrected chi connectivity index (χ0v) is 14.0. The summed E-state index contributed by atoms with van der Waals surface area (Å²) in [6, 6.07) is 6.94. The van der Waals surface area contributed by atoms with Crippen LogP contribution in [0.2, 0.25) is 0 Å². The van der Waals surface area contributed by atoms with E-state index in [2.05, 4.69) is 38.2 Å². The van der Waals surface area contributed by atoms with Crippen molar-refractivity contribution in [2.24, 2.45) is 0 Å². The molecule has 0 saturated carbocycles. The van der Waals surface area contributed by atoms with Crippen molar-refractivity contribution in [2.75, 3.05) is 36.2 Å². The molecule has 1 aromatic carbocycles. The first-order valence-corrected chi connectivity index (χ1v) is 9.85. The minimum atomic E-state index is 1.05. The molecule has 4 nitrogen and oxygen atoms in total. The van der Waals surface area contributed by atoms with E-state index in [-0.39, 0.29) is 0 Å². The van der Waals surface area contributed by atoms with Gasteiger partial charge < -0.3 is 4.90 Å². The molecule has 0 unspecified atom stereocenters. The highest BCUT2D eigenvalue weighted by Crippen LogP contribution is 2.42. The van der Waals surface area contributed by atoms with Crippen molar-refractivity contribution in [1.82, 2.24) is 15.1 Å². The quantitative estimate of drug-likeness (QED) is 0.857. The third kappa shape index (κ3) is 3.06. The van der Waals surface area contributed by atoms with Crippen LogP contribution < -0.4 is 4.90 Å². The molecule has 3 heterocycles. The van der Waals surface area contributed by atoms with Gasteiger partial charge in [0.05, 0.1) is 0 Å². The van der Waals surface area contributed by atoms with Crippen LogP contribution in [0.4, 0.5) is 5.13 Å². The second-order valence-electron chi connectivity index (χ2n) is 5.17. The molecule has 0 amide bonds. The van der Waals surface area contributed by atoms with Gasteiger partial charge in [0.1, 0.15) is 5.51 Å². The average Bonchev–Trinajstić information content (AvgIpc) is 3.19. The molecule has 4 rings (SSSR count). The molecule has 2 aliphatic heterocycles. The van der Waals surface area contributed by atoms with Crippen molar-refractivity contribution in [3.05, 3.63) is 29.3 Å². The number of piperazine rings is 1. The standard InChI is InChI=1S/C14H16N4S3/c1-2-12-13(21-10-20-12)7-11(1)8-17-3-5-18(6-4-17)14-16-15-9-19-14/h1-2,7,9H,3-6,8,10H2. The van der Waals surface area contributed by atoms with Crippen molar-refractivity contribution in [3.63, 3.8) is 0 Å². The predicted molar refractivity (Wildman–Crippen MR) is 90.4 cm³/mol. The molecule has 21 heavy (non-hydrogen) atoms. The van der Waals surface area contributed by atoms with Gasteiger partial charge in [0, 0.05) is 47.6 Å². The molecule has 0 spiro atoms. The fourth-order valence-corrected chi connectivity index (χ4v) is 5.73. The Morgan fingerprint density at radius 3 is 2.71 bits per heavy atom. The summed E-state index contributed by atoms with van der Waals surface area (Å²) in [4.78, 5) is 7.78. The van der Waals surface area contributed by atoms with Crippen LogP contribution >= 0.6 is 34.9 Å². The molecule has 2 aliphatic rings. The van der Waals surface area contributed by atoms with E-state index in [9.17, 15) is 0 Å². The van der Waals surface area contributed by atoms with Crippen LogP contribution in [0.15, 0.2) is 33.5 Å². The van der Waals surface area contributed by atoms with Crippen molar-refractivity contribution in [1.29, 1.82) is 0 Å². The van der Waals surface area contributed by atoms with E-state index >= 15 is 0 Å². The van der Waals surface area contributed by atoms with Crippen LogP contribution in [0.25, 0.3) is 0 Å². The normalized spacial score (nSPS) is 19.0. The zero-order chi connectivity index (χ0) is 14.1. The van der Waals surface area contributed by atoms with Crippen LogP contribution in [-0.4, -0.2) is 46.4 Å². The second kappa shape index (κ2) is 6.16. The highest BCUT2D eigenvalue weighted by molar-refractivity contribution is 8.18. The maximum Gasteiger partial charge on any atom is 0.208 e. The average molecular weight is 337 g/mol. The van der Waals surface area contributed by atoms with Gasteiger partial charge in [0.25, 0.3) is 0 Å². The summed E-state index contributed by atoms with van der Waals surface area (Å²) in [7, 11) is 0. The lowest BCUT2D eigenvalue weighted by atomic mass is 10.2. The van der Waals surface area contributed by atoms with Gasteiger partial charge in [-0.2, -0.15) is 0 Å². The Bertz CT molecular complexity index is 609. The fraction of sp³-hybridized carbons (Fsp3) is 0.429. The molecule has 1 aromatic heterocycles. The van der Waals surface area contributed by atoms with E-state index in [0.717, 1.165) is 37.9 Å². The van der Waals surface area contributed by atoms with Crippen LogP contribution in [0.3, 0.4) is 0 Å². The number of benzene rings is 1. The van der Waals surface area contributed by atoms with Crippen molar-refractivity contribution in [3.8, 4) is 0 Å². The van der Waals surface area contributed by atoms with Gasteiger partial charge in [-0.3, -0.25) is 4.90 Å². The highest BCUT2D eigenvalue weighted by atomic mass is 32.2. The summed E-state index contributed by atoms with van der Waals surface area (Å²) >= 11 is 5.55. The number of fused-ring (bicyclic) bond motifs is 1. The Balaban J connectivity index is 1.36. The minimum Gasteiger partial charge on any atom is -0.344 e.